The Morgan fingerprint density at radius 1 is 1.11 bits per heavy atom. The standard InChI is InChI=1S/C21H19F3N2O/c22-21(23,24)18-7-3-1-6-15(18)16-11-17(16)20(27)25-10-9-13-12-26-19-8-4-2-5-14(13)19/h1-8,12,16-17,26H,9-11H2,(H,25,27). The van der Waals surface area contributed by atoms with E-state index in [4.69, 9.17) is 0 Å². The lowest BCUT2D eigenvalue weighted by molar-refractivity contribution is -0.138. The van der Waals surface area contributed by atoms with E-state index in [1.54, 1.807) is 6.07 Å². The highest BCUT2D eigenvalue weighted by Crippen LogP contribution is 2.51. The Hall–Kier alpha value is -2.76. The molecule has 6 heteroatoms. The Kier molecular flexibility index (Phi) is 4.42. The van der Waals surface area contributed by atoms with E-state index in [9.17, 15) is 18.0 Å². The predicted molar refractivity (Wildman–Crippen MR) is 97.3 cm³/mol. The van der Waals surface area contributed by atoms with Gasteiger partial charge in [0.2, 0.25) is 5.91 Å². The van der Waals surface area contributed by atoms with Gasteiger partial charge < -0.3 is 10.3 Å². The molecule has 2 unspecified atom stereocenters. The molecule has 1 aliphatic carbocycles. The molecule has 1 fully saturated rings. The van der Waals surface area contributed by atoms with E-state index in [0.29, 0.717) is 19.4 Å². The monoisotopic (exact) mass is 372 g/mol. The van der Waals surface area contributed by atoms with Gasteiger partial charge in [0.25, 0.3) is 0 Å². The summed E-state index contributed by atoms with van der Waals surface area (Å²) < 4.78 is 39.4. The molecule has 0 bridgehead atoms. The van der Waals surface area contributed by atoms with Gasteiger partial charge in [0, 0.05) is 29.6 Å². The molecule has 0 aliphatic heterocycles. The number of halogens is 3. The lowest BCUT2D eigenvalue weighted by Crippen LogP contribution is -2.27. The normalized spacial score (nSPS) is 19.2. The van der Waals surface area contributed by atoms with Gasteiger partial charge in [-0.2, -0.15) is 13.2 Å². The number of carbonyl (C=O) groups is 1. The molecule has 2 aromatic carbocycles. The molecule has 1 aliphatic rings. The second-order valence-electron chi connectivity index (χ2n) is 6.93. The Morgan fingerprint density at radius 2 is 1.85 bits per heavy atom. The minimum absolute atomic E-state index is 0.170. The Bertz CT molecular complexity index is 977. The highest BCUT2D eigenvalue weighted by atomic mass is 19.4. The second kappa shape index (κ2) is 6.76. The van der Waals surface area contributed by atoms with Crippen LogP contribution in [0, 0.1) is 5.92 Å². The first-order valence-electron chi connectivity index (χ1n) is 8.94. The summed E-state index contributed by atoms with van der Waals surface area (Å²) in [6.07, 6.45) is -1.33. The third kappa shape index (κ3) is 3.56. The van der Waals surface area contributed by atoms with Crippen LogP contribution in [-0.2, 0) is 17.4 Å². The van der Waals surface area contributed by atoms with Gasteiger partial charge in [0.15, 0.2) is 0 Å². The van der Waals surface area contributed by atoms with Crippen LogP contribution >= 0.6 is 0 Å². The maximum absolute atomic E-state index is 13.1. The van der Waals surface area contributed by atoms with Crippen molar-refractivity contribution >= 4 is 16.8 Å². The van der Waals surface area contributed by atoms with Gasteiger partial charge >= 0.3 is 6.18 Å². The van der Waals surface area contributed by atoms with Gasteiger partial charge in [0.05, 0.1) is 5.56 Å². The topological polar surface area (TPSA) is 44.9 Å². The molecular weight excluding hydrogens is 353 g/mol. The zero-order valence-electron chi connectivity index (χ0n) is 14.5. The molecule has 27 heavy (non-hydrogen) atoms. The van der Waals surface area contributed by atoms with E-state index in [1.807, 2.05) is 30.5 Å². The van der Waals surface area contributed by atoms with E-state index in [-0.39, 0.29) is 23.3 Å². The fourth-order valence-electron chi connectivity index (χ4n) is 3.70. The summed E-state index contributed by atoms with van der Waals surface area (Å²) >= 11 is 0. The fraction of sp³-hybridized carbons (Fsp3) is 0.286. The number of amides is 1. The quantitative estimate of drug-likeness (QED) is 0.673. The van der Waals surface area contributed by atoms with Gasteiger partial charge in [-0.05, 0) is 42.0 Å². The van der Waals surface area contributed by atoms with Crippen molar-refractivity contribution in [3.05, 3.63) is 71.4 Å². The van der Waals surface area contributed by atoms with Crippen molar-refractivity contribution in [1.82, 2.24) is 10.3 Å². The number of nitrogens with one attached hydrogen (secondary N) is 2. The van der Waals surface area contributed by atoms with Crippen LogP contribution in [0.5, 0.6) is 0 Å². The summed E-state index contributed by atoms with van der Waals surface area (Å²) in [6, 6.07) is 13.5. The molecule has 0 spiro atoms. The van der Waals surface area contributed by atoms with Crippen LogP contribution < -0.4 is 5.32 Å². The maximum Gasteiger partial charge on any atom is 0.416 e. The van der Waals surface area contributed by atoms with Crippen LogP contribution in [-0.4, -0.2) is 17.4 Å². The number of hydrogen-bond donors (Lipinski definition) is 2. The number of fused-ring (bicyclic) bond motifs is 1. The van der Waals surface area contributed by atoms with Gasteiger partial charge in [-0.25, -0.2) is 0 Å². The zero-order chi connectivity index (χ0) is 19.0. The predicted octanol–water partition coefficient (Wildman–Crippen LogP) is 4.65. The number of H-pyrrole nitrogens is 1. The Balaban J connectivity index is 1.36. The highest BCUT2D eigenvalue weighted by Gasteiger charge is 2.47. The fourth-order valence-corrected chi connectivity index (χ4v) is 3.70. The molecule has 140 valence electrons. The summed E-state index contributed by atoms with van der Waals surface area (Å²) in [6.45, 7) is 0.463. The first kappa shape index (κ1) is 17.6. The van der Waals surface area contributed by atoms with Gasteiger partial charge in [-0.3, -0.25) is 4.79 Å². The van der Waals surface area contributed by atoms with Crippen LogP contribution in [0.25, 0.3) is 10.9 Å². The van der Waals surface area contributed by atoms with E-state index in [0.717, 1.165) is 22.5 Å². The number of hydrogen-bond acceptors (Lipinski definition) is 1. The molecule has 0 radical (unpaired) electrons. The summed E-state index contributed by atoms with van der Waals surface area (Å²) in [5.41, 5.74) is 1.75. The molecule has 1 amide bonds. The van der Waals surface area contributed by atoms with Crippen LogP contribution in [0.4, 0.5) is 13.2 Å². The number of rotatable bonds is 5. The van der Waals surface area contributed by atoms with Crippen LogP contribution in [0.1, 0.15) is 29.0 Å². The van der Waals surface area contributed by atoms with Crippen LogP contribution in [0.3, 0.4) is 0 Å². The van der Waals surface area contributed by atoms with E-state index in [1.165, 1.54) is 12.1 Å². The minimum atomic E-state index is -4.39. The third-order valence-corrected chi connectivity index (χ3v) is 5.16. The van der Waals surface area contributed by atoms with Crippen molar-refractivity contribution in [2.75, 3.05) is 6.54 Å². The van der Waals surface area contributed by atoms with Crippen molar-refractivity contribution in [2.24, 2.45) is 5.92 Å². The molecule has 3 nitrogen and oxygen atoms in total. The maximum atomic E-state index is 13.1. The summed E-state index contributed by atoms with van der Waals surface area (Å²) in [7, 11) is 0. The second-order valence-corrected chi connectivity index (χ2v) is 6.93. The molecule has 1 aromatic heterocycles. The molecule has 0 saturated heterocycles. The van der Waals surface area contributed by atoms with Crippen molar-refractivity contribution < 1.29 is 18.0 Å². The van der Waals surface area contributed by atoms with E-state index < -0.39 is 11.7 Å². The molecule has 3 aromatic rings. The van der Waals surface area contributed by atoms with Crippen molar-refractivity contribution in [1.29, 1.82) is 0 Å². The molecule has 1 saturated carbocycles. The molecule has 1 heterocycles. The number of benzene rings is 2. The van der Waals surface area contributed by atoms with E-state index >= 15 is 0 Å². The minimum Gasteiger partial charge on any atom is -0.361 e. The van der Waals surface area contributed by atoms with Crippen LogP contribution in [0.15, 0.2) is 54.7 Å². The average molecular weight is 372 g/mol. The molecular formula is C21H19F3N2O. The summed E-state index contributed by atoms with van der Waals surface area (Å²) in [5.74, 6) is -0.899. The molecule has 2 N–H and O–H groups in total. The van der Waals surface area contributed by atoms with Crippen LogP contribution in [0.2, 0.25) is 0 Å². The Labute approximate surface area is 154 Å². The average Bonchev–Trinajstić information content (AvgIpc) is 3.36. The summed E-state index contributed by atoms with van der Waals surface area (Å²) in [4.78, 5) is 15.5. The van der Waals surface area contributed by atoms with Crippen molar-refractivity contribution in [2.45, 2.75) is 24.9 Å². The SMILES string of the molecule is O=C(NCCc1c[nH]c2ccccc12)C1CC1c1ccccc1C(F)(F)F. The molecule has 4 rings (SSSR count). The number of aromatic amines is 1. The number of carbonyl (C=O) groups excluding carboxylic acids is 1. The lowest BCUT2D eigenvalue weighted by Gasteiger charge is -2.12. The van der Waals surface area contributed by atoms with Gasteiger partial charge in [-0.1, -0.05) is 36.4 Å². The number of alkyl halides is 3. The lowest BCUT2D eigenvalue weighted by atomic mass is 10.0. The smallest absolute Gasteiger partial charge is 0.361 e. The number of para-hydroxylation sites is 1. The number of aromatic nitrogens is 1. The Morgan fingerprint density at radius 3 is 2.67 bits per heavy atom. The third-order valence-electron chi connectivity index (χ3n) is 5.16. The van der Waals surface area contributed by atoms with Crippen molar-refractivity contribution in [3.8, 4) is 0 Å². The first-order chi connectivity index (χ1) is 12.9. The van der Waals surface area contributed by atoms with Gasteiger partial charge in [0.1, 0.15) is 0 Å². The zero-order valence-corrected chi connectivity index (χ0v) is 14.5. The van der Waals surface area contributed by atoms with Gasteiger partial charge in [-0.15, -0.1) is 0 Å². The summed E-state index contributed by atoms with van der Waals surface area (Å²) in [5, 5.41) is 3.99. The highest BCUT2D eigenvalue weighted by molar-refractivity contribution is 5.84. The van der Waals surface area contributed by atoms with E-state index in [2.05, 4.69) is 10.3 Å². The molecule has 2 atom stereocenters. The first-order valence-corrected chi connectivity index (χ1v) is 8.94. The largest absolute Gasteiger partial charge is 0.416 e. The van der Waals surface area contributed by atoms with Crippen molar-refractivity contribution in [3.63, 3.8) is 0 Å².